The lowest BCUT2D eigenvalue weighted by molar-refractivity contribution is -0.163. The second kappa shape index (κ2) is 3.10. The molecule has 1 fully saturated rings. The molecule has 1 aliphatic heterocycles. The van der Waals surface area contributed by atoms with Gasteiger partial charge in [-0.05, 0) is 12.5 Å². The first kappa shape index (κ1) is 9.21. The highest BCUT2D eigenvalue weighted by molar-refractivity contribution is 5.82. The highest BCUT2D eigenvalue weighted by Crippen LogP contribution is 2.32. The summed E-state index contributed by atoms with van der Waals surface area (Å²) in [5, 5.41) is 9.13. The quantitative estimate of drug-likeness (QED) is 0.769. The Morgan fingerprint density at radius 3 is 2.29 bits per heavy atom. The maximum Gasteiger partial charge on any atom is 0.318 e. The van der Waals surface area contributed by atoms with E-state index in [2.05, 4.69) is 0 Å². The van der Waals surface area contributed by atoms with Crippen molar-refractivity contribution in [3.63, 3.8) is 0 Å². The average Bonchev–Trinajstić information content (AvgIpc) is 2.05. The fraction of sp³-hybridized carbons (Fsp3) is 0.364. The van der Waals surface area contributed by atoms with Crippen molar-refractivity contribution in [1.82, 2.24) is 0 Å². The zero-order valence-electron chi connectivity index (χ0n) is 7.99. The summed E-state index contributed by atoms with van der Waals surface area (Å²) in [5.74, 6) is -0.799. The summed E-state index contributed by atoms with van der Waals surface area (Å²) in [6, 6.07) is 7.59. The van der Waals surface area contributed by atoms with Gasteiger partial charge in [0.15, 0.2) is 0 Å². The van der Waals surface area contributed by atoms with Crippen LogP contribution in [0.5, 0.6) is 0 Å². The largest absolute Gasteiger partial charge is 0.480 e. The van der Waals surface area contributed by atoms with Gasteiger partial charge in [0.25, 0.3) is 0 Å². The van der Waals surface area contributed by atoms with E-state index in [1.54, 1.807) is 0 Å². The summed E-state index contributed by atoms with van der Waals surface area (Å²) in [5.41, 5.74) is 1.17. The maximum atomic E-state index is 11.1. The first-order valence-electron chi connectivity index (χ1n) is 4.53. The highest BCUT2D eigenvalue weighted by Gasteiger charge is 2.47. The Kier molecular flexibility index (Phi) is 2.04. The van der Waals surface area contributed by atoms with Crippen LogP contribution in [0.25, 0.3) is 0 Å². The smallest absolute Gasteiger partial charge is 0.318 e. The van der Waals surface area contributed by atoms with Gasteiger partial charge in [-0.1, -0.05) is 29.8 Å². The molecule has 0 radical (unpaired) electrons. The van der Waals surface area contributed by atoms with Crippen LogP contribution in [-0.4, -0.2) is 24.3 Å². The normalized spacial score (nSPS) is 18.6. The Morgan fingerprint density at radius 2 is 1.93 bits per heavy atom. The first-order valence-corrected chi connectivity index (χ1v) is 4.53. The van der Waals surface area contributed by atoms with Crippen LogP contribution in [0, 0.1) is 6.92 Å². The summed E-state index contributed by atoms with van der Waals surface area (Å²) in [6.07, 6.45) is 0. The van der Waals surface area contributed by atoms with Crippen LogP contribution < -0.4 is 0 Å². The van der Waals surface area contributed by atoms with E-state index in [9.17, 15) is 4.79 Å². The van der Waals surface area contributed by atoms with E-state index < -0.39 is 11.4 Å². The van der Waals surface area contributed by atoms with E-state index in [0.29, 0.717) is 0 Å². The molecule has 14 heavy (non-hydrogen) atoms. The van der Waals surface area contributed by atoms with Crippen LogP contribution in [0.3, 0.4) is 0 Å². The molecule has 1 aromatic carbocycles. The lowest BCUT2D eigenvalue weighted by Gasteiger charge is -2.37. The minimum Gasteiger partial charge on any atom is -0.480 e. The Bertz CT molecular complexity index is 349. The number of aliphatic carboxylic acids is 1. The van der Waals surface area contributed by atoms with Gasteiger partial charge in [-0.2, -0.15) is 0 Å². The molecule has 1 N–H and O–H groups in total. The molecule has 2 rings (SSSR count). The van der Waals surface area contributed by atoms with Crippen LogP contribution >= 0.6 is 0 Å². The van der Waals surface area contributed by atoms with Crippen LogP contribution in [0.1, 0.15) is 11.1 Å². The van der Waals surface area contributed by atoms with Gasteiger partial charge in [-0.25, -0.2) is 0 Å². The number of carboxylic acids is 1. The number of benzene rings is 1. The lowest BCUT2D eigenvalue weighted by atomic mass is 9.78. The molecule has 0 bridgehead atoms. The fourth-order valence-electron chi connectivity index (χ4n) is 1.59. The van der Waals surface area contributed by atoms with E-state index in [4.69, 9.17) is 9.84 Å². The number of carboxylic acid groups (broad SMARTS) is 1. The summed E-state index contributed by atoms with van der Waals surface area (Å²) in [7, 11) is 0. The maximum absolute atomic E-state index is 11.1. The van der Waals surface area contributed by atoms with Gasteiger partial charge in [-0.15, -0.1) is 0 Å². The number of rotatable bonds is 2. The molecule has 0 aliphatic carbocycles. The van der Waals surface area contributed by atoms with Gasteiger partial charge in [0.05, 0.1) is 13.2 Å². The predicted molar refractivity (Wildman–Crippen MR) is 51.3 cm³/mol. The molecule has 0 atom stereocenters. The zero-order valence-corrected chi connectivity index (χ0v) is 7.99. The molecule has 0 unspecified atom stereocenters. The van der Waals surface area contributed by atoms with Crippen molar-refractivity contribution >= 4 is 5.97 Å². The molecule has 1 heterocycles. The average molecular weight is 192 g/mol. The van der Waals surface area contributed by atoms with Crippen molar-refractivity contribution < 1.29 is 14.6 Å². The summed E-state index contributed by atoms with van der Waals surface area (Å²) >= 11 is 0. The molecular formula is C11H12O3. The minimum absolute atomic E-state index is 0.283. The van der Waals surface area contributed by atoms with E-state index in [1.165, 1.54) is 0 Å². The Labute approximate surface area is 82.3 Å². The predicted octanol–water partition coefficient (Wildman–Crippen LogP) is 1.35. The molecule has 3 heteroatoms. The molecule has 74 valence electrons. The van der Waals surface area contributed by atoms with Gasteiger partial charge in [0, 0.05) is 0 Å². The highest BCUT2D eigenvalue weighted by atomic mass is 16.5. The number of ether oxygens (including phenoxy) is 1. The van der Waals surface area contributed by atoms with Crippen LogP contribution in [0.4, 0.5) is 0 Å². The van der Waals surface area contributed by atoms with E-state index in [1.807, 2.05) is 31.2 Å². The van der Waals surface area contributed by atoms with Crippen LogP contribution in [0.2, 0.25) is 0 Å². The van der Waals surface area contributed by atoms with E-state index in [-0.39, 0.29) is 13.2 Å². The van der Waals surface area contributed by atoms with Crippen molar-refractivity contribution in [2.45, 2.75) is 12.3 Å². The molecule has 1 saturated heterocycles. The zero-order chi connectivity index (χ0) is 10.2. The lowest BCUT2D eigenvalue weighted by Crippen LogP contribution is -2.53. The first-order chi connectivity index (χ1) is 6.65. The van der Waals surface area contributed by atoms with Crippen molar-refractivity contribution in [2.24, 2.45) is 0 Å². The Hall–Kier alpha value is -1.35. The molecule has 3 nitrogen and oxygen atoms in total. The Balaban J connectivity index is 2.37. The van der Waals surface area contributed by atoms with Gasteiger partial charge in [0.2, 0.25) is 0 Å². The summed E-state index contributed by atoms with van der Waals surface area (Å²) < 4.78 is 5.00. The van der Waals surface area contributed by atoms with Crippen molar-refractivity contribution in [1.29, 1.82) is 0 Å². The topological polar surface area (TPSA) is 46.5 Å². The van der Waals surface area contributed by atoms with Crippen molar-refractivity contribution in [2.75, 3.05) is 13.2 Å². The van der Waals surface area contributed by atoms with Crippen LogP contribution in [0.15, 0.2) is 24.3 Å². The third-order valence-corrected chi connectivity index (χ3v) is 2.71. The molecule has 1 aromatic rings. The molecule has 0 saturated carbocycles. The number of hydrogen-bond donors (Lipinski definition) is 1. The number of aryl methyl sites for hydroxylation is 1. The van der Waals surface area contributed by atoms with Gasteiger partial charge in [0.1, 0.15) is 5.41 Å². The molecule has 0 spiro atoms. The second-order valence-corrected chi connectivity index (χ2v) is 3.75. The van der Waals surface area contributed by atoms with Crippen LogP contribution in [-0.2, 0) is 14.9 Å². The van der Waals surface area contributed by atoms with Crippen molar-refractivity contribution in [3.05, 3.63) is 35.4 Å². The second-order valence-electron chi connectivity index (χ2n) is 3.75. The van der Waals surface area contributed by atoms with E-state index >= 15 is 0 Å². The van der Waals surface area contributed by atoms with E-state index in [0.717, 1.165) is 11.1 Å². The Morgan fingerprint density at radius 1 is 1.36 bits per heavy atom. The minimum atomic E-state index is -0.799. The SMILES string of the molecule is Cc1ccc(C2(C(=O)O)COC2)cc1. The number of hydrogen-bond acceptors (Lipinski definition) is 2. The summed E-state index contributed by atoms with van der Waals surface area (Å²) in [4.78, 5) is 11.1. The third-order valence-electron chi connectivity index (χ3n) is 2.71. The molecule has 0 aromatic heterocycles. The van der Waals surface area contributed by atoms with Gasteiger partial charge in [-0.3, -0.25) is 4.79 Å². The monoisotopic (exact) mass is 192 g/mol. The van der Waals surface area contributed by atoms with Gasteiger partial charge < -0.3 is 9.84 Å². The third kappa shape index (κ3) is 1.21. The standard InChI is InChI=1S/C11H12O3/c1-8-2-4-9(5-3-8)11(10(12)13)6-14-7-11/h2-5H,6-7H2,1H3,(H,12,13). The van der Waals surface area contributed by atoms with Gasteiger partial charge >= 0.3 is 5.97 Å². The fourth-order valence-corrected chi connectivity index (χ4v) is 1.59. The molecular weight excluding hydrogens is 180 g/mol. The van der Waals surface area contributed by atoms with Crippen molar-refractivity contribution in [3.8, 4) is 0 Å². The number of carbonyl (C=O) groups is 1. The molecule has 1 aliphatic rings. The molecule has 0 amide bonds. The summed E-state index contributed by atoms with van der Waals surface area (Å²) in [6.45, 7) is 2.55.